The van der Waals surface area contributed by atoms with Crippen LogP contribution in [0.25, 0.3) is 0 Å². The van der Waals surface area contributed by atoms with Gasteiger partial charge >= 0.3 is 5.97 Å². The predicted octanol–water partition coefficient (Wildman–Crippen LogP) is 2.22. The number of hydrogen-bond donors (Lipinski definition) is 3. The third-order valence-electron chi connectivity index (χ3n) is 3.55. The van der Waals surface area contributed by atoms with E-state index in [0.29, 0.717) is 0 Å². The van der Waals surface area contributed by atoms with Crippen molar-refractivity contribution >= 4 is 5.97 Å². The van der Waals surface area contributed by atoms with Gasteiger partial charge in [-0.25, -0.2) is 4.79 Å². The number of carboxylic acid groups (broad SMARTS) is 1. The van der Waals surface area contributed by atoms with Crippen molar-refractivity contribution in [3.63, 3.8) is 0 Å². The molecule has 1 aromatic rings. The van der Waals surface area contributed by atoms with E-state index in [1.165, 1.54) is 0 Å². The van der Waals surface area contributed by atoms with Crippen molar-refractivity contribution < 1.29 is 24.9 Å². The summed E-state index contributed by atoms with van der Waals surface area (Å²) in [4.78, 5) is 10.9. The van der Waals surface area contributed by atoms with Crippen molar-refractivity contribution in [2.24, 2.45) is 5.41 Å². The van der Waals surface area contributed by atoms with E-state index in [0.717, 1.165) is 18.4 Å². The molecule has 20 heavy (non-hydrogen) atoms. The number of aliphatic hydroxyl groups is 2. The van der Waals surface area contributed by atoms with Gasteiger partial charge < -0.3 is 20.1 Å². The van der Waals surface area contributed by atoms with Crippen molar-refractivity contribution in [3.05, 3.63) is 47.4 Å². The molecule has 3 N–H and O–H groups in total. The summed E-state index contributed by atoms with van der Waals surface area (Å²) in [6, 6.07) is 9.30. The zero-order valence-corrected chi connectivity index (χ0v) is 11.1. The first kappa shape index (κ1) is 14.4. The van der Waals surface area contributed by atoms with Crippen LogP contribution in [0.15, 0.2) is 41.9 Å². The molecule has 0 aliphatic heterocycles. The zero-order chi connectivity index (χ0) is 14.6. The Morgan fingerprint density at radius 2 is 1.85 bits per heavy atom. The first-order valence-corrected chi connectivity index (χ1v) is 6.49. The largest absolute Gasteiger partial charge is 0.499 e. The van der Waals surface area contributed by atoms with E-state index in [1.807, 2.05) is 30.3 Å². The van der Waals surface area contributed by atoms with E-state index in [9.17, 15) is 15.0 Å². The lowest BCUT2D eigenvalue weighted by Gasteiger charge is -2.16. The van der Waals surface area contributed by atoms with Crippen molar-refractivity contribution in [1.29, 1.82) is 0 Å². The Morgan fingerprint density at radius 1 is 1.20 bits per heavy atom. The van der Waals surface area contributed by atoms with Crippen LogP contribution in [0.4, 0.5) is 0 Å². The molecule has 1 aliphatic rings. The Balaban J connectivity index is 2.07. The maximum absolute atomic E-state index is 10.9. The lowest BCUT2D eigenvalue weighted by molar-refractivity contribution is -0.136. The minimum Gasteiger partial charge on any atom is -0.499 e. The molecule has 2 rings (SSSR count). The van der Waals surface area contributed by atoms with Crippen LogP contribution in [0, 0.1) is 5.41 Å². The normalized spacial score (nSPS) is 17.2. The SMILES string of the molecule is O=C(O)/C(O)=C(\CC1(CO)CC1)OCc1ccccc1. The van der Waals surface area contributed by atoms with Crippen LogP contribution in [-0.4, -0.2) is 27.9 Å². The molecule has 1 aromatic carbocycles. The van der Waals surface area contributed by atoms with Gasteiger partial charge in [-0.3, -0.25) is 0 Å². The van der Waals surface area contributed by atoms with Crippen LogP contribution in [0.5, 0.6) is 0 Å². The summed E-state index contributed by atoms with van der Waals surface area (Å²) in [5, 5.41) is 27.8. The fraction of sp³-hybridized carbons (Fsp3) is 0.400. The van der Waals surface area contributed by atoms with Crippen LogP contribution < -0.4 is 0 Å². The van der Waals surface area contributed by atoms with Crippen molar-refractivity contribution in [2.45, 2.75) is 25.9 Å². The van der Waals surface area contributed by atoms with Crippen LogP contribution in [0.3, 0.4) is 0 Å². The predicted molar refractivity (Wildman–Crippen MR) is 71.9 cm³/mol. The standard InChI is InChI=1S/C15H18O5/c16-10-15(6-7-15)8-12(13(17)14(18)19)20-9-11-4-2-1-3-5-11/h1-5,16-17H,6-10H2,(H,18,19)/b13-12-. The Morgan fingerprint density at radius 3 is 2.35 bits per heavy atom. The molecule has 1 fully saturated rings. The molecular weight excluding hydrogens is 260 g/mol. The van der Waals surface area contributed by atoms with Crippen molar-refractivity contribution in [1.82, 2.24) is 0 Å². The molecule has 0 amide bonds. The van der Waals surface area contributed by atoms with E-state index < -0.39 is 11.7 Å². The highest BCUT2D eigenvalue weighted by atomic mass is 16.5. The minimum absolute atomic E-state index is 0.0297. The summed E-state index contributed by atoms with van der Waals surface area (Å²) in [7, 11) is 0. The van der Waals surface area contributed by atoms with Gasteiger partial charge in [-0.15, -0.1) is 0 Å². The highest BCUT2D eigenvalue weighted by molar-refractivity contribution is 5.84. The van der Waals surface area contributed by atoms with Gasteiger partial charge in [0.2, 0.25) is 5.76 Å². The second-order valence-electron chi connectivity index (χ2n) is 5.19. The summed E-state index contributed by atoms with van der Waals surface area (Å²) in [5.74, 6) is -2.16. The minimum atomic E-state index is -1.41. The quantitative estimate of drug-likeness (QED) is 0.526. The topological polar surface area (TPSA) is 87.0 Å². The van der Waals surface area contributed by atoms with Gasteiger partial charge in [0, 0.05) is 18.4 Å². The molecule has 0 aromatic heterocycles. The average molecular weight is 278 g/mol. The molecule has 0 spiro atoms. The molecule has 5 nitrogen and oxygen atoms in total. The number of carboxylic acids is 1. The lowest BCUT2D eigenvalue weighted by atomic mass is 10.0. The molecule has 0 unspecified atom stereocenters. The number of aliphatic hydroxyl groups excluding tert-OH is 2. The first-order valence-electron chi connectivity index (χ1n) is 6.49. The number of aliphatic carboxylic acids is 1. The highest BCUT2D eigenvalue weighted by Gasteiger charge is 2.44. The number of rotatable bonds is 7. The van der Waals surface area contributed by atoms with Gasteiger partial charge in [0.1, 0.15) is 12.4 Å². The first-order chi connectivity index (χ1) is 9.56. The lowest BCUT2D eigenvalue weighted by Crippen LogP contribution is -2.14. The van der Waals surface area contributed by atoms with E-state index >= 15 is 0 Å². The van der Waals surface area contributed by atoms with E-state index in [-0.39, 0.29) is 30.8 Å². The Labute approximate surface area is 117 Å². The average Bonchev–Trinajstić information content (AvgIpc) is 3.24. The van der Waals surface area contributed by atoms with Gasteiger partial charge in [-0.1, -0.05) is 30.3 Å². The molecular formula is C15H18O5. The van der Waals surface area contributed by atoms with Gasteiger partial charge in [-0.05, 0) is 18.4 Å². The maximum atomic E-state index is 10.9. The van der Waals surface area contributed by atoms with E-state index in [1.54, 1.807) is 0 Å². The summed E-state index contributed by atoms with van der Waals surface area (Å²) in [5.41, 5.74) is 0.562. The molecule has 5 heteroatoms. The van der Waals surface area contributed by atoms with Crippen molar-refractivity contribution in [2.75, 3.05) is 6.61 Å². The summed E-state index contributed by atoms with van der Waals surface area (Å²) in [6.07, 6.45) is 1.87. The van der Waals surface area contributed by atoms with Crippen LogP contribution in [-0.2, 0) is 16.1 Å². The molecule has 108 valence electrons. The molecule has 0 heterocycles. The number of ether oxygens (including phenoxy) is 1. The molecule has 0 atom stereocenters. The third kappa shape index (κ3) is 3.51. The number of benzene rings is 1. The Hall–Kier alpha value is -2.01. The molecule has 1 aliphatic carbocycles. The maximum Gasteiger partial charge on any atom is 0.374 e. The zero-order valence-electron chi connectivity index (χ0n) is 11.1. The number of carbonyl (C=O) groups is 1. The van der Waals surface area contributed by atoms with Crippen LogP contribution in [0.2, 0.25) is 0 Å². The molecule has 0 radical (unpaired) electrons. The summed E-state index contributed by atoms with van der Waals surface area (Å²) < 4.78 is 5.47. The number of allylic oxidation sites excluding steroid dienone is 1. The highest BCUT2D eigenvalue weighted by Crippen LogP contribution is 2.50. The molecule has 0 saturated heterocycles. The van der Waals surface area contributed by atoms with E-state index in [4.69, 9.17) is 9.84 Å². The third-order valence-corrected chi connectivity index (χ3v) is 3.55. The van der Waals surface area contributed by atoms with Crippen LogP contribution in [0.1, 0.15) is 24.8 Å². The molecule has 1 saturated carbocycles. The van der Waals surface area contributed by atoms with Crippen molar-refractivity contribution in [3.8, 4) is 0 Å². The van der Waals surface area contributed by atoms with Gasteiger partial charge in [0.15, 0.2) is 0 Å². The molecule has 0 bridgehead atoms. The fourth-order valence-electron chi connectivity index (χ4n) is 1.98. The fourth-order valence-corrected chi connectivity index (χ4v) is 1.98. The monoisotopic (exact) mass is 278 g/mol. The van der Waals surface area contributed by atoms with E-state index in [2.05, 4.69) is 0 Å². The summed E-state index contributed by atoms with van der Waals surface area (Å²) >= 11 is 0. The summed E-state index contributed by atoms with van der Waals surface area (Å²) in [6.45, 7) is 0.160. The van der Waals surface area contributed by atoms with Gasteiger partial charge in [0.25, 0.3) is 0 Å². The second kappa shape index (κ2) is 5.96. The smallest absolute Gasteiger partial charge is 0.374 e. The van der Waals surface area contributed by atoms with Gasteiger partial charge in [0.05, 0.1) is 0 Å². The Kier molecular flexibility index (Phi) is 4.29. The Bertz CT molecular complexity index is 502. The van der Waals surface area contributed by atoms with Crippen LogP contribution >= 0.6 is 0 Å². The second-order valence-corrected chi connectivity index (χ2v) is 5.19. The van der Waals surface area contributed by atoms with Gasteiger partial charge in [-0.2, -0.15) is 0 Å². The number of hydrogen-bond acceptors (Lipinski definition) is 4.